The van der Waals surface area contributed by atoms with Crippen molar-refractivity contribution in [1.82, 2.24) is 0 Å². The maximum Gasteiger partial charge on any atom is 0.306 e. The van der Waals surface area contributed by atoms with E-state index in [1.165, 1.54) is 18.9 Å². The number of anilines is 1. The van der Waals surface area contributed by atoms with E-state index < -0.39 is 16.4 Å². The third-order valence-corrected chi connectivity index (χ3v) is 4.13. The number of nitro groups is 1. The molecule has 100 valence electrons. The largest absolute Gasteiger partial charge is 0.385 e. The van der Waals surface area contributed by atoms with Gasteiger partial charge < -0.3 is 5.32 Å². The molecular formula is C14H15FN2O2. The Morgan fingerprint density at radius 3 is 2.84 bits per heavy atom. The molecule has 2 bridgehead atoms. The van der Waals surface area contributed by atoms with Crippen molar-refractivity contribution >= 4 is 11.4 Å². The zero-order chi connectivity index (χ0) is 13.4. The first kappa shape index (κ1) is 12.1. The van der Waals surface area contributed by atoms with Crippen molar-refractivity contribution in [2.75, 3.05) is 11.9 Å². The second-order valence-corrected chi connectivity index (χ2v) is 5.34. The van der Waals surface area contributed by atoms with Crippen LogP contribution in [0.25, 0.3) is 0 Å². The molecule has 0 saturated heterocycles. The molecule has 0 spiro atoms. The number of allylic oxidation sites excluding steroid dienone is 2. The maximum atomic E-state index is 13.2. The van der Waals surface area contributed by atoms with Gasteiger partial charge in [-0.2, -0.15) is 4.39 Å². The number of hydrogen-bond acceptors (Lipinski definition) is 3. The first-order valence-electron chi connectivity index (χ1n) is 6.49. The topological polar surface area (TPSA) is 55.2 Å². The predicted molar refractivity (Wildman–Crippen MR) is 70.4 cm³/mol. The average Bonchev–Trinajstić information content (AvgIpc) is 2.99. The van der Waals surface area contributed by atoms with Crippen molar-refractivity contribution in [3.63, 3.8) is 0 Å². The first-order valence-corrected chi connectivity index (χ1v) is 6.49. The number of hydrogen-bond donors (Lipinski definition) is 1. The Labute approximate surface area is 110 Å². The lowest BCUT2D eigenvalue weighted by Gasteiger charge is -2.19. The minimum Gasteiger partial charge on any atom is -0.385 e. The lowest BCUT2D eigenvalue weighted by molar-refractivity contribution is -0.387. The molecule has 0 radical (unpaired) electrons. The number of nitro benzene ring substituents is 1. The molecule has 3 rings (SSSR count). The van der Waals surface area contributed by atoms with Gasteiger partial charge in [-0.15, -0.1) is 0 Å². The summed E-state index contributed by atoms with van der Waals surface area (Å²) in [6.45, 7) is 0.786. The molecule has 3 atom stereocenters. The lowest BCUT2D eigenvalue weighted by atomic mass is 9.93. The summed E-state index contributed by atoms with van der Waals surface area (Å²) in [5, 5.41) is 13.9. The zero-order valence-electron chi connectivity index (χ0n) is 10.4. The van der Waals surface area contributed by atoms with Crippen molar-refractivity contribution in [3.8, 4) is 0 Å². The van der Waals surface area contributed by atoms with Gasteiger partial charge in [0.1, 0.15) is 0 Å². The van der Waals surface area contributed by atoms with Gasteiger partial charge in [0.25, 0.3) is 0 Å². The van der Waals surface area contributed by atoms with Crippen LogP contribution in [-0.4, -0.2) is 11.5 Å². The highest BCUT2D eigenvalue weighted by Crippen LogP contribution is 2.43. The molecule has 4 nitrogen and oxygen atoms in total. The molecule has 1 N–H and O–H groups in total. The van der Waals surface area contributed by atoms with Crippen LogP contribution in [0.4, 0.5) is 15.8 Å². The quantitative estimate of drug-likeness (QED) is 0.514. The van der Waals surface area contributed by atoms with E-state index in [-0.39, 0.29) is 0 Å². The molecule has 19 heavy (non-hydrogen) atoms. The fourth-order valence-corrected chi connectivity index (χ4v) is 3.14. The Hall–Kier alpha value is -1.91. The van der Waals surface area contributed by atoms with Crippen molar-refractivity contribution < 1.29 is 9.31 Å². The SMILES string of the molecule is O=[N+]([O-])c1cc(NCC2CC3C=CC2C3)ccc1F. The van der Waals surface area contributed by atoms with Gasteiger partial charge in [-0.1, -0.05) is 12.2 Å². The van der Waals surface area contributed by atoms with Crippen molar-refractivity contribution in [2.24, 2.45) is 17.8 Å². The van der Waals surface area contributed by atoms with E-state index >= 15 is 0 Å². The molecule has 1 aromatic carbocycles. The summed E-state index contributed by atoms with van der Waals surface area (Å²) in [6.07, 6.45) is 6.96. The van der Waals surface area contributed by atoms with E-state index in [1.807, 2.05) is 0 Å². The van der Waals surface area contributed by atoms with Crippen LogP contribution in [0.1, 0.15) is 12.8 Å². The second-order valence-electron chi connectivity index (χ2n) is 5.34. The van der Waals surface area contributed by atoms with Crippen LogP contribution in [0, 0.1) is 33.7 Å². The molecule has 0 aromatic heterocycles. The molecule has 1 fully saturated rings. The Balaban J connectivity index is 1.66. The Morgan fingerprint density at radius 2 is 2.21 bits per heavy atom. The van der Waals surface area contributed by atoms with Crippen molar-refractivity contribution in [2.45, 2.75) is 12.8 Å². The van der Waals surface area contributed by atoms with E-state index in [1.54, 1.807) is 6.07 Å². The Bertz CT molecular complexity index is 544. The Morgan fingerprint density at radius 1 is 1.37 bits per heavy atom. The maximum absolute atomic E-state index is 13.2. The van der Waals surface area contributed by atoms with Gasteiger partial charge in [0, 0.05) is 18.3 Å². The van der Waals surface area contributed by atoms with Crippen LogP contribution in [0.15, 0.2) is 30.4 Å². The Kier molecular flexibility index (Phi) is 2.97. The highest BCUT2D eigenvalue weighted by atomic mass is 19.1. The van der Waals surface area contributed by atoms with Crippen LogP contribution in [0.5, 0.6) is 0 Å². The average molecular weight is 262 g/mol. The molecule has 2 aliphatic rings. The molecular weight excluding hydrogens is 247 g/mol. The van der Waals surface area contributed by atoms with Gasteiger partial charge in [0.05, 0.1) is 4.92 Å². The van der Waals surface area contributed by atoms with Gasteiger partial charge in [0.2, 0.25) is 5.82 Å². The number of nitrogens with zero attached hydrogens (tertiary/aromatic N) is 1. The molecule has 5 heteroatoms. The van der Waals surface area contributed by atoms with Gasteiger partial charge in [-0.25, -0.2) is 0 Å². The third kappa shape index (κ3) is 2.32. The summed E-state index contributed by atoms with van der Waals surface area (Å²) in [4.78, 5) is 9.97. The van der Waals surface area contributed by atoms with Crippen LogP contribution >= 0.6 is 0 Å². The van der Waals surface area contributed by atoms with Crippen LogP contribution in [-0.2, 0) is 0 Å². The van der Waals surface area contributed by atoms with Crippen LogP contribution in [0.2, 0.25) is 0 Å². The van der Waals surface area contributed by atoms with Gasteiger partial charge in [-0.05, 0) is 42.7 Å². The zero-order valence-corrected chi connectivity index (χ0v) is 10.4. The van der Waals surface area contributed by atoms with E-state index in [4.69, 9.17) is 0 Å². The molecule has 3 unspecified atom stereocenters. The number of nitrogens with one attached hydrogen (secondary N) is 1. The summed E-state index contributed by atoms with van der Waals surface area (Å²) in [7, 11) is 0. The van der Waals surface area contributed by atoms with E-state index in [0.717, 1.165) is 12.6 Å². The highest BCUT2D eigenvalue weighted by molar-refractivity contribution is 5.51. The van der Waals surface area contributed by atoms with Gasteiger partial charge in [0.15, 0.2) is 0 Å². The summed E-state index contributed by atoms with van der Waals surface area (Å²) < 4.78 is 13.2. The van der Waals surface area contributed by atoms with Crippen LogP contribution < -0.4 is 5.32 Å². The first-order chi connectivity index (χ1) is 9.13. The molecule has 0 amide bonds. The van der Waals surface area contributed by atoms with Crippen LogP contribution in [0.3, 0.4) is 0 Å². The van der Waals surface area contributed by atoms with Gasteiger partial charge >= 0.3 is 5.69 Å². The number of rotatable bonds is 4. The fourth-order valence-electron chi connectivity index (χ4n) is 3.14. The predicted octanol–water partition coefficient (Wildman–Crippen LogP) is 3.36. The smallest absolute Gasteiger partial charge is 0.306 e. The molecule has 0 aliphatic heterocycles. The van der Waals surface area contributed by atoms with E-state index in [0.29, 0.717) is 23.4 Å². The number of halogens is 1. The summed E-state index contributed by atoms with van der Waals surface area (Å²) in [5.41, 5.74) is 0.137. The third-order valence-electron chi connectivity index (χ3n) is 4.13. The lowest BCUT2D eigenvalue weighted by Crippen LogP contribution is -2.18. The monoisotopic (exact) mass is 262 g/mol. The molecule has 1 saturated carbocycles. The summed E-state index contributed by atoms with van der Waals surface area (Å²) in [6, 6.07) is 3.95. The summed E-state index contributed by atoms with van der Waals surface area (Å²) in [5.74, 6) is 1.13. The fraction of sp³-hybridized carbons (Fsp3) is 0.429. The second kappa shape index (κ2) is 4.64. The number of benzene rings is 1. The molecule has 1 aromatic rings. The minimum atomic E-state index is -0.793. The van der Waals surface area contributed by atoms with Crippen molar-refractivity contribution in [1.29, 1.82) is 0 Å². The standard InChI is InChI=1S/C14H15FN2O2/c15-13-4-3-12(7-14(13)17(18)19)16-8-11-6-9-1-2-10(11)5-9/h1-4,7,9-11,16H,5-6,8H2. The highest BCUT2D eigenvalue weighted by Gasteiger charge is 2.35. The van der Waals surface area contributed by atoms with Crippen molar-refractivity contribution in [3.05, 3.63) is 46.3 Å². The number of fused-ring (bicyclic) bond motifs is 2. The van der Waals surface area contributed by atoms with E-state index in [9.17, 15) is 14.5 Å². The molecule has 2 aliphatic carbocycles. The van der Waals surface area contributed by atoms with E-state index in [2.05, 4.69) is 17.5 Å². The summed E-state index contributed by atoms with van der Waals surface area (Å²) >= 11 is 0. The van der Waals surface area contributed by atoms with Gasteiger partial charge in [-0.3, -0.25) is 10.1 Å². The molecule has 0 heterocycles. The minimum absolute atomic E-state index is 0.474. The normalized spacial score (nSPS) is 27.7.